The van der Waals surface area contributed by atoms with Crippen molar-refractivity contribution in [3.8, 4) is 0 Å². The molecule has 2 heterocycles. The van der Waals surface area contributed by atoms with Gasteiger partial charge in [0.15, 0.2) is 5.69 Å². The number of carbonyl (C=O) groups is 2. The van der Waals surface area contributed by atoms with Gasteiger partial charge < -0.3 is 15.6 Å². The minimum Gasteiger partial charge on any atom is -0.352 e. The number of aromatic nitrogens is 4. The van der Waals surface area contributed by atoms with E-state index in [1.165, 1.54) is 6.92 Å². The number of halogens is 8. The van der Waals surface area contributed by atoms with Crippen LogP contribution in [0.1, 0.15) is 79.4 Å². The largest absolute Gasteiger partial charge is 0.433 e. The van der Waals surface area contributed by atoms with Crippen LogP contribution in [0.25, 0.3) is 11.0 Å². The Labute approximate surface area is 235 Å². The quantitative estimate of drug-likeness (QED) is 0.262. The summed E-state index contributed by atoms with van der Waals surface area (Å²) in [6.07, 6.45) is -8.26. The molecule has 0 saturated heterocycles. The van der Waals surface area contributed by atoms with E-state index in [4.69, 9.17) is 0 Å². The Hall–Kier alpha value is -3.72. The van der Waals surface area contributed by atoms with Crippen molar-refractivity contribution < 1.29 is 44.7 Å². The van der Waals surface area contributed by atoms with Crippen molar-refractivity contribution in [2.24, 2.45) is 0 Å². The van der Waals surface area contributed by atoms with Crippen LogP contribution in [-0.4, -0.2) is 43.7 Å². The first-order chi connectivity index (χ1) is 19.6. The fraction of sp³-hybridized carbons (Fsp3) is 0.538. The lowest BCUT2D eigenvalue weighted by Crippen LogP contribution is -2.24. The monoisotopic (exact) mass is 610 g/mol. The van der Waals surface area contributed by atoms with Crippen LogP contribution in [0.2, 0.25) is 0 Å². The third-order valence-electron chi connectivity index (χ3n) is 6.32. The van der Waals surface area contributed by atoms with Crippen molar-refractivity contribution in [3.05, 3.63) is 47.0 Å². The number of hydrogen-bond acceptors (Lipinski definition) is 4. The summed E-state index contributed by atoms with van der Waals surface area (Å²) >= 11 is 0. The van der Waals surface area contributed by atoms with E-state index in [1.54, 1.807) is 18.2 Å². The topological polar surface area (TPSA) is 105 Å². The average molecular weight is 611 g/mol. The molecule has 3 N–H and O–H groups in total. The third-order valence-corrected chi connectivity index (χ3v) is 6.32. The molecule has 1 aromatic carbocycles. The summed E-state index contributed by atoms with van der Waals surface area (Å²) in [6.45, 7) is 1.31. The van der Waals surface area contributed by atoms with E-state index in [9.17, 15) is 44.7 Å². The number of imidazole rings is 1. The van der Waals surface area contributed by atoms with Crippen LogP contribution in [0.3, 0.4) is 0 Å². The number of alkyl halides is 8. The predicted molar refractivity (Wildman–Crippen MR) is 135 cm³/mol. The third kappa shape index (κ3) is 9.98. The first-order valence-electron chi connectivity index (χ1n) is 13.2. The van der Waals surface area contributed by atoms with Gasteiger partial charge in [-0.3, -0.25) is 14.3 Å². The maximum absolute atomic E-state index is 13.0. The van der Waals surface area contributed by atoms with E-state index < -0.39 is 48.6 Å². The summed E-state index contributed by atoms with van der Waals surface area (Å²) in [5.41, 5.74) is 0.263. The fourth-order valence-corrected chi connectivity index (χ4v) is 4.17. The van der Waals surface area contributed by atoms with Crippen molar-refractivity contribution in [3.63, 3.8) is 0 Å². The van der Waals surface area contributed by atoms with Crippen LogP contribution in [-0.2, 0) is 30.6 Å². The summed E-state index contributed by atoms with van der Waals surface area (Å²) in [5.74, 6) is -3.54. The number of amides is 2. The Morgan fingerprint density at radius 1 is 1.00 bits per heavy atom. The number of nitrogens with zero attached hydrogens (tertiary/aromatic N) is 3. The lowest BCUT2D eigenvalue weighted by molar-refractivity contribution is -0.144. The molecule has 42 heavy (non-hydrogen) atoms. The number of aryl methyl sites for hydroxylation is 1. The molecule has 3 aromatic rings. The smallest absolute Gasteiger partial charge is 0.352 e. The van der Waals surface area contributed by atoms with Crippen LogP contribution in [0.4, 0.5) is 35.1 Å². The van der Waals surface area contributed by atoms with Gasteiger partial charge in [-0.25, -0.2) is 13.8 Å². The summed E-state index contributed by atoms with van der Waals surface area (Å²) < 4.78 is 101. The van der Waals surface area contributed by atoms with E-state index >= 15 is 0 Å². The van der Waals surface area contributed by atoms with Crippen LogP contribution >= 0.6 is 0 Å². The molecular formula is C26H30F8N6O2. The minimum atomic E-state index is -4.64. The van der Waals surface area contributed by atoms with Crippen LogP contribution in [0, 0.1) is 0 Å². The molecule has 0 atom stereocenters. The number of hydrogen-bond donors (Lipinski definition) is 3. The molecule has 16 heteroatoms. The summed E-state index contributed by atoms with van der Waals surface area (Å²) in [5, 5.41) is 8.53. The van der Waals surface area contributed by atoms with Gasteiger partial charge in [0.05, 0.1) is 24.0 Å². The number of aromatic amines is 1. The maximum Gasteiger partial charge on any atom is 0.433 e. The molecule has 0 radical (unpaired) electrons. The van der Waals surface area contributed by atoms with Gasteiger partial charge in [-0.15, -0.1) is 0 Å². The molecule has 0 bridgehead atoms. The van der Waals surface area contributed by atoms with Gasteiger partial charge in [0.1, 0.15) is 11.5 Å². The van der Waals surface area contributed by atoms with E-state index in [0.717, 1.165) is 6.42 Å². The summed E-state index contributed by atoms with van der Waals surface area (Å²) in [7, 11) is 0. The number of benzene rings is 1. The highest BCUT2D eigenvalue weighted by Gasteiger charge is 2.36. The Kier molecular flexibility index (Phi) is 10.5. The molecule has 2 amide bonds. The molecule has 0 spiro atoms. The molecule has 0 aliphatic heterocycles. The second-order valence-electron chi connectivity index (χ2n) is 9.75. The molecule has 232 valence electrons. The van der Waals surface area contributed by atoms with Gasteiger partial charge in [0, 0.05) is 38.4 Å². The van der Waals surface area contributed by atoms with Gasteiger partial charge >= 0.3 is 12.4 Å². The summed E-state index contributed by atoms with van der Waals surface area (Å²) in [4.78, 5) is 31.0. The highest BCUT2D eigenvalue weighted by atomic mass is 19.4. The van der Waals surface area contributed by atoms with E-state index in [0.29, 0.717) is 46.0 Å². The number of rotatable bonds is 8. The van der Waals surface area contributed by atoms with Crippen molar-refractivity contribution in [2.45, 2.75) is 89.8 Å². The van der Waals surface area contributed by atoms with Gasteiger partial charge in [0.2, 0.25) is 11.8 Å². The standard InChI is InChI=1S/C20H20F6N6O2.C6H10F2/c1-2-32-15(20(24,25)26)8-14(31-32)18(34)28-10-16-29-12-4-3-11(7-13(12)30-16)9-27-17(33)5-6-19(21,22)23;7-6(8)4-2-1-3-5-6/h3-4,7-8H,2,5-6,9-10H2,1H3,(H,27,33)(H,28,34)(H,29,30);1-5H2. The average Bonchev–Trinajstić information content (AvgIpc) is 3.53. The molecule has 8 nitrogen and oxygen atoms in total. The zero-order valence-corrected chi connectivity index (χ0v) is 22.6. The Morgan fingerprint density at radius 2 is 1.69 bits per heavy atom. The predicted octanol–water partition coefficient (Wildman–Crippen LogP) is 6.27. The van der Waals surface area contributed by atoms with Crippen LogP contribution < -0.4 is 10.6 Å². The van der Waals surface area contributed by atoms with E-state index in [1.807, 2.05) is 0 Å². The van der Waals surface area contributed by atoms with E-state index in [-0.39, 0.29) is 38.2 Å². The zero-order valence-electron chi connectivity index (χ0n) is 22.6. The SMILES string of the molecule is CCn1nc(C(=O)NCc2nc3ccc(CNC(=O)CCC(F)(F)F)cc3[nH]2)cc1C(F)(F)F.FC1(F)CCCCC1. The van der Waals surface area contributed by atoms with Crippen molar-refractivity contribution in [1.82, 2.24) is 30.4 Å². The Morgan fingerprint density at radius 3 is 2.24 bits per heavy atom. The van der Waals surface area contributed by atoms with Gasteiger partial charge in [-0.1, -0.05) is 12.5 Å². The van der Waals surface area contributed by atoms with Gasteiger partial charge in [-0.05, 0) is 37.5 Å². The second-order valence-corrected chi connectivity index (χ2v) is 9.75. The van der Waals surface area contributed by atoms with Crippen molar-refractivity contribution in [2.75, 3.05) is 0 Å². The molecule has 2 aromatic heterocycles. The van der Waals surface area contributed by atoms with Crippen molar-refractivity contribution >= 4 is 22.8 Å². The van der Waals surface area contributed by atoms with Crippen molar-refractivity contribution in [1.29, 1.82) is 0 Å². The second kappa shape index (κ2) is 13.5. The lowest BCUT2D eigenvalue weighted by Gasteiger charge is -2.20. The Bertz CT molecular complexity index is 1350. The van der Waals surface area contributed by atoms with E-state index in [2.05, 4.69) is 25.7 Å². The number of H-pyrrole nitrogens is 1. The molecule has 1 fully saturated rings. The number of fused-ring (bicyclic) bond motifs is 1. The first-order valence-corrected chi connectivity index (χ1v) is 13.2. The first kappa shape index (κ1) is 32.8. The molecule has 0 unspecified atom stereocenters. The minimum absolute atomic E-state index is 0.0132. The zero-order chi connectivity index (χ0) is 31.1. The lowest BCUT2D eigenvalue weighted by atomic mass is 9.97. The molecule has 1 aliphatic carbocycles. The highest BCUT2D eigenvalue weighted by Crippen LogP contribution is 2.32. The number of carbonyl (C=O) groups excluding carboxylic acids is 2. The molecule has 1 saturated carbocycles. The van der Waals surface area contributed by atoms with Gasteiger partial charge in [-0.2, -0.15) is 31.4 Å². The Balaban J connectivity index is 0.000000521. The van der Waals surface area contributed by atoms with Gasteiger partial charge in [0.25, 0.3) is 5.91 Å². The molecular weight excluding hydrogens is 580 g/mol. The maximum atomic E-state index is 13.0. The number of nitrogens with one attached hydrogen (secondary N) is 3. The normalized spacial score (nSPS) is 15.2. The summed E-state index contributed by atoms with van der Waals surface area (Å²) in [6, 6.07) is 5.56. The van der Waals surface area contributed by atoms with Crippen LogP contribution in [0.5, 0.6) is 0 Å². The fourth-order valence-electron chi connectivity index (χ4n) is 4.17. The highest BCUT2D eigenvalue weighted by molar-refractivity contribution is 5.92. The van der Waals surface area contributed by atoms with Crippen LogP contribution in [0.15, 0.2) is 24.3 Å². The molecule has 1 aliphatic rings. The molecule has 4 rings (SSSR count).